The Morgan fingerprint density at radius 2 is 1.53 bits per heavy atom. The molecular formula is C26H36N4. The fourth-order valence-electron chi connectivity index (χ4n) is 4.67. The Morgan fingerprint density at radius 3 is 2.30 bits per heavy atom. The van der Waals surface area contributed by atoms with Gasteiger partial charge in [-0.1, -0.05) is 74.9 Å². The predicted octanol–water partition coefficient (Wildman–Crippen LogP) is 5.24. The van der Waals surface area contributed by atoms with Crippen LogP contribution in [-0.4, -0.2) is 22.6 Å². The molecule has 2 aliphatic rings. The van der Waals surface area contributed by atoms with Crippen LogP contribution in [0.1, 0.15) is 69.8 Å². The normalized spacial score (nSPS) is 19.7. The van der Waals surface area contributed by atoms with E-state index in [0.717, 1.165) is 24.4 Å². The average molecular weight is 405 g/mol. The molecule has 4 rings (SSSR count). The number of aryl methyl sites for hydroxylation is 2. The lowest BCUT2D eigenvalue weighted by Gasteiger charge is -2.25. The van der Waals surface area contributed by atoms with Crippen molar-refractivity contribution in [2.45, 2.75) is 89.3 Å². The SMILES string of the molecule is c1ccc(CCn2cccc/c2=N/C(=NC2CCCCC2)NC2CCCCC2)cc1. The van der Waals surface area contributed by atoms with Crippen LogP contribution in [0.4, 0.5) is 0 Å². The van der Waals surface area contributed by atoms with Gasteiger partial charge in [-0.05, 0) is 49.8 Å². The Labute approximate surface area is 181 Å². The number of rotatable bonds is 5. The molecular weight excluding hydrogens is 368 g/mol. The minimum Gasteiger partial charge on any atom is -0.352 e. The third-order valence-electron chi connectivity index (χ3n) is 6.44. The largest absolute Gasteiger partial charge is 0.352 e. The predicted molar refractivity (Wildman–Crippen MR) is 124 cm³/mol. The zero-order chi connectivity index (χ0) is 20.4. The van der Waals surface area contributed by atoms with Gasteiger partial charge in [0.2, 0.25) is 5.96 Å². The lowest BCUT2D eigenvalue weighted by molar-refractivity contribution is 0.407. The van der Waals surface area contributed by atoms with Gasteiger partial charge in [-0.3, -0.25) is 0 Å². The van der Waals surface area contributed by atoms with Crippen LogP contribution >= 0.6 is 0 Å². The Bertz CT molecular complexity index is 856. The third-order valence-corrected chi connectivity index (χ3v) is 6.44. The van der Waals surface area contributed by atoms with Crippen molar-refractivity contribution >= 4 is 5.96 Å². The van der Waals surface area contributed by atoms with Crippen molar-refractivity contribution in [1.29, 1.82) is 0 Å². The van der Waals surface area contributed by atoms with E-state index in [9.17, 15) is 0 Å². The lowest BCUT2D eigenvalue weighted by atomic mass is 9.95. The minimum absolute atomic E-state index is 0.426. The van der Waals surface area contributed by atoms with Crippen molar-refractivity contribution in [2.24, 2.45) is 9.98 Å². The van der Waals surface area contributed by atoms with Crippen LogP contribution in [0, 0.1) is 0 Å². The van der Waals surface area contributed by atoms with E-state index < -0.39 is 0 Å². The molecule has 2 aliphatic carbocycles. The summed E-state index contributed by atoms with van der Waals surface area (Å²) in [5.74, 6) is 0.855. The van der Waals surface area contributed by atoms with Crippen LogP contribution in [0.3, 0.4) is 0 Å². The number of pyridine rings is 1. The maximum Gasteiger partial charge on any atom is 0.220 e. The van der Waals surface area contributed by atoms with E-state index in [4.69, 9.17) is 9.98 Å². The highest BCUT2D eigenvalue weighted by Gasteiger charge is 2.17. The maximum atomic E-state index is 5.11. The average Bonchev–Trinajstić information content (AvgIpc) is 2.80. The summed E-state index contributed by atoms with van der Waals surface area (Å²) in [5, 5.41) is 3.72. The van der Waals surface area contributed by atoms with Crippen LogP contribution in [0.2, 0.25) is 0 Å². The Hall–Kier alpha value is -2.36. The summed E-state index contributed by atoms with van der Waals surface area (Å²) in [7, 11) is 0. The van der Waals surface area contributed by atoms with Crippen molar-refractivity contribution < 1.29 is 0 Å². The molecule has 4 nitrogen and oxygen atoms in total. The first-order chi connectivity index (χ1) is 14.9. The quantitative estimate of drug-likeness (QED) is 0.537. The topological polar surface area (TPSA) is 41.7 Å². The molecule has 2 saturated carbocycles. The van der Waals surface area contributed by atoms with Crippen molar-refractivity contribution in [3.05, 3.63) is 65.8 Å². The van der Waals surface area contributed by atoms with Gasteiger partial charge in [0.25, 0.3) is 0 Å². The molecule has 160 valence electrons. The molecule has 2 aromatic rings. The van der Waals surface area contributed by atoms with E-state index in [1.165, 1.54) is 69.8 Å². The van der Waals surface area contributed by atoms with Gasteiger partial charge in [-0.25, -0.2) is 4.99 Å². The van der Waals surface area contributed by atoms with Crippen LogP contribution in [0.15, 0.2) is 64.7 Å². The van der Waals surface area contributed by atoms with Crippen molar-refractivity contribution in [2.75, 3.05) is 0 Å². The summed E-state index contributed by atoms with van der Waals surface area (Å²) >= 11 is 0. The lowest BCUT2D eigenvalue weighted by Crippen LogP contribution is -2.38. The van der Waals surface area contributed by atoms with E-state index in [1.807, 2.05) is 0 Å². The summed E-state index contributed by atoms with van der Waals surface area (Å²) in [6, 6.07) is 17.9. The Balaban J connectivity index is 1.56. The van der Waals surface area contributed by atoms with Crippen molar-refractivity contribution in [1.82, 2.24) is 9.88 Å². The molecule has 0 spiro atoms. The Morgan fingerprint density at radius 1 is 0.833 bits per heavy atom. The van der Waals surface area contributed by atoms with Gasteiger partial charge in [0.1, 0.15) is 5.49 Å². The fourth-order valence-corrected chi connectivity index (χ4v) is 4.67. The van der Waals surface area contributed by atoms with E-state index in [2.05, 4.69) is 64.6 Å². The third kappa shape index (κ3) is 6.32. The second kappa shape index (κ2) is 11.1. The number of nitrogens with one attached hydrogen (secondary N) is 1. The Kier molecular flexibility index (Phi) is 7.76. The summed E-state index contributed by atoms with van der Waals surface area (Å²) in [5.41, 5.74) is 2.35. The molecule has 0 aliphatic heterocycles. The number of guanidine groups is 1. The van der Waals surface area contributed by atoms with Crippen molar-refractivity contribution in [3.8, 4) is 0 Å². The number of benzene rings is 1. The molecule has 0 amide bonds. The first kappa shape index (κ1) is 20.9. The zero-order valence-corrected chi connectivity index (χ0v) is 18.2. The van der Waals surface area contributed by atoms with Crippen LogP contribution in [0.5, 0.6) is 0 Å². The first-order valence-corrected chi connectivity index (χ1v) is 12.0. The van der Waals surface area contributed by atoms with E-state index in [1.54, 1.807) is 0 Å². The maximum absolute atomic E-state index is 5.11. The number of aliphatic imine (C=N–C) groups is 1. The van der Waals surface area contributed by atoms with E-state index in [0.29, 0.717) is 12.1 Å². The molecule has 1 aromatic heterocycles. The monoisotopic (exact) mass is 404 g/mol. The summed E-state index contributed by atoms with van der Waals surface area (Å²) < 4.78 is 2.26. The molecule has 1 aromatic carbocycles. The van der Waals surface area contributed by atoms with Crippen molar-refractivity contribution in [3.63, 3.8) is 0 Å². The zero-order valence-electron chi connectivity index (χ0n) is 18.2. The summed E-state index contributed by atoms with van der Waals surface area (Å²) in [4.78, 5) is 10.2. The van der Waals surface area contributed by atoms with Gasteiger partial charge in [-0.15, -0.1) is 0 Å². The summed E-state index contributed by atoms with van der Waals surface area (Å²) in [6.45, 7) is 0.920. The highest BCUT2D eigenvalue weighted by Crippen LogP contribution is 2.21. The molecule has 0 unspecified atom stereocenters. The number of nitrogens with zero attached hydrogens (tertiary/aromatic N) is 3. The van der Waals surface area contributed by atoms with E-state index >= 15 is 0 Å². The molecule has 0 bridgehead atoms. The van der Waals surface area contributed by atoms with Gasteiger partial charge in [0, 0.05) is 18.8 Å². The molecule has 0 atom stereocenters. The second-order valence-corrected chi connectivity index (χ2v) is 8.82. The standard InChI is InChI=1S/C26H36N4/c1-4-12-22(13-5-1)19-21-30-20-11-10-18-25(30)29-26(27-23-14-6-2-7-15-23)28-24-16-8-3-9-17-24/h1,4-5,10-13,18,20,23-24H,2-3,6-9,14-17,19,21H2,(H,27,28)/b29-25-. The highest BCUT2D eigenvalue weighted by molar-refractivity contribution is 5.81. The molecule has 0 radical (unpaired) electrons. The molecule has 1 N–H and O–H groups in total. The van der Waals surface area contributed by atoms with Crippen LogP contribution in [0.25, 0.3) is 0 Å². The van der Waals surface area contributed by atoms with E-state index in [-0.39, 0.29) is 0 Å². The van der Waals surface area contributed by atoms with Gasteiger partial charge < -0.3 is 9.88 Å². The number of hydrogen-bond donors (Lipinski definition) is 1. The van der Waals surface area contributed by atoms with Gasteiger partial charge in [0.15, 0.2) is 0 Å². The molecule has 0 saturated heterocycles. The first-order valence-electron chi connectivity index (χ1n) is 12.0. The molecule has 4 heteroatoms. The molecule has 30 heavy (non-hydrogen) atoms. The minimum atomic E-state index is 0.426. The van der Waals surface area contributed by atoms with Crippen LogP contribution in [-0.2, 0) is 13.0 Å². The number of hydrogen-bond acceptors (Lipinski definition) is 1. The van der Waals surface area contributed by atoms with Gasteiger partial charge >= 0.3 is 0 Å². The summed E-state index contributed by atoms with van der Waals surface area (Å²) in [6.07, 6.45) is 16.0. The van der Waals surface area contributed by atoms with Crippen LogP contribution < -0.4 is 10.8 Å². The van der Waals surface area contributed by atoms with Gasteiger partial charge in [0.05, 0.1) is 6.04 Å². The second-order valence-electron chi connectivity index (χ2n) is 8.82. The van der Waals surface area contributed by atoms with Gasteiger partial charge in [-0.2, -0.15) is 4.99 Å². The number of aromatic nitrogens is 1. The fraction of sp³-hybridized carbons (Fsp3) is 0.538. The molecule has 1 heterocycles. The highest BCUT2D eigenvalue weighted by atomic mass is 15.2. The smallest absolute Gasteiger partial charge is 0.220 e. The molecule has 2 fully saturated rings.